The van der Waals surface area contributed by atoms with Gasteiger partial charge < -0.3 is 4.42 Å². The predicted octanol–water partition coefficient (Wildman–Crippen LogP) is 2.75. The van der Waals surface area contributed by atoms with Crippen LogP contribution < -0.4 is 4.72 Å². The van der Waals surface area contributed by atoms with E-state index in [9.17, 15) is 12.8 Å². The largest absolute Gasteiger partial charge is 0.441 e. The maximum absolute atomic E-state index is 12.8. The molecule has 1 heterocycles. The predicted molar refractivity (Wildman–Crippen MR) is 79.2 cm³/mol. The van der Waals surface area contributed by atoms with Crippen molar-refractivity contribution in [3.05, 3.63) is 59.7 Å². The van der Waals surface area contributed by atoms with E-state index in [4.69, 9.17) is 4.42 Å². The maximum atomic E-state index is 12.8. The summed E-state index contributed by atoms with van der Waals surface area (Å²) < 4.78 is 45.0. The summed E-state index contributed by atoms with van der Waals surface area (Å²) in [7, 11) is -3.69. The van der Waals surface area contributed by atoms with Crippen LogP contribution in [0.2, 0.25) is 0 Å². The zero-order chi connectivity index (χ0) is 15.7. The topological polar surface area (TPSA) is 72.2 Å². The number of benzene rings is 2. The zero-order valence-corrected chi connectivity index (χ0v) is 12.5. The minimum Gasteiger partial charge on any atom is -0.441 e. The minimum absolute atomic E-state index is 0.0190. The molecular formula is C15H13FN2O3S. The van der Waals surface area contributed by atoms with Crippen LogP contribution in [0.3, 0.4) is 0 Å². The number of nitrogens with one attached hydrogen (secondary N) is 1. The Hall–Kier alpha value is -2.25. The van der Waals surface area contributed by atoms with Crippen molar-refractivity contribution in [3.63, 3.8) is 0 Å². The second-order valence-electron chi connectivity index (χ2n) is 4.81. The highest BCUT2D eigenvalue weighted by Crippen LogP contribution is 2.17. The Labute approximate surface area is 126 Å². The summed E-state index contributed by atoms with van der Waals surface area (Å²) in [6.07, 6.45) is 0. The lowest BCUT2D eigenvalue weighted by atomic mass is 10.2. The number of halogens is 1. The highest BCUT2D eigenvalue weighted by Gasteiger charge is 2.14. The van der Waals surface area contributed by atoms with Gasteiger partial charge in [-0.05, 0) is 42.0 Å². The van der Waals surface area contributed by atoms with Gasteiger partial charge in [0.15, 0.2) is 11.5 Å². The molecular weight excluding hydrogens is 307 g/mol. The van der Waals surface area contributed by atoms with Gasteiger partial charge in [0.05, 0.1) is 4.90 Å². The Morgan fingerprint density at radius 3 is 2.64 bits per heavy atom. The van der Waals surface area contributed by atoms with Crippen molar-refractivity contribution in [2.45, 2.75) is 18.4 Å². The van der Waals surface area contributed by atoms with Gasteiger partial charge in [-0.1, -0.05) is 6.07 Å². The number of hydrogen-bond acceptors (Lipinski definition) is 4. The summed E-state index contributed by atoms with van der Waals surface area (Å²) in [5, 5.41) is 0. The number of rotatable bonds is 4. The fourth-order valence-corrected chi connectivity index (χ4v) is 3.09. The zero-order valence-electron chi connectivity index (χ0n) is 11.7. The molecule has 0 fully saturated rings. The molecule has 2 aromatic carbocycles. The van der Waals surface area contributed by atoms with E-state index >= 15 is 0 Å². The molecule has 0 saturated carbocycles. The van der Waals surface area contributed by atoms with E-state index in [1.165, 1.54) is 12.1 Å². The highest BCUT2D eigenvalue weighted by molar-refractivity contribution is 7.89. The number of fused-ring (bicyclic) bond motifs is 1. The average Bonchev–Trinajstić information content (AvgIpc) is 2.85. The van der Waals surface area contributed by atoms with E-state index in [0.29, 0.717) is 11.5 Å². The van der Waals surface area contributed by atoms with E-state index in [1.54, 1.807) is 25.1 Å². The normalized spacial score (nSPS) is 11.9. The lowest BCUT2D eigenvalue weighted by molar-refractivity contribution is 0.560. The molecule has 114 valence electrons. The molecule has 0 bridgehead atoms. The third-order valence-corrected chi connectivity index (χ3v) is 4.57. The van der Waals surface area contributed by atoms with Crippen LogP contribution in [0.15, 0.2) is 51.8 Å². The average molecular weight is 320 g/mol. The minimum atomic E-state index is -3.69. The number of sulfonamides is 1. The van der Waals surface area contributed by atoms with Crippen LogP contribution in [0.1, 0.15) is 11.5 Å². The third kappa shape index (κ3) is 3.00. The van der Waals surface area contributed by atoms with Gasteiger partial charge >= 0.3 is 0 Å². The molecule has 0 spiro atoms. The first-order valence-electron chi connectivity index (χ1n) is 6.55. The van der Waals surface area contributed by atoms with Crippen LogP contribution in [-0.2, 0) is 16.6 Å². The smallest absolute Gasteiger partial charge is 0.240 e. The lowest BCUT2D eigenvalue weighted by Crippen LogP contribution is -2.23. The van der Waals surface area contributed by atoms with Gasteiger partial charge in [-0.25, -0.2) is 22.5 Å². The lowest BCUT2D eigenvalue weighted by Gasteiger charge is -2.06. The number of aryl methyl sites for hydroxylation is 1. The van der Waals surface area contributed by atoms with Crippen molar-refractivity contribution in [1.82, 2.24) is 9.71 Å². The number of nitrogens with zero attached hydrogens (tertiary/aromatic N) is 1. The molecule has 0 aliphatic carbocycles. The molecule has 0 atom stereocenters. The first kappa shape index (κ1) is 14.7. The van der Waals surface area contributed by atoms with Crippen molar-refractivity contribution in [2.75, 3.05) is 0 Å². The van der Waals surface area contributed by atoms with E-state index in [0.717, 1.165) is 23.2 Å². The van der Waals surface area contributed by atoms with Crippen LogP contribution >= 0.6 is 0 Å². The van der Waals surface area contributed by atoms with Crippen LogP contribution in [0.4, 0.5) is 4.39 Å². The third-order valence-electron chi connectivity index (χ3n) is 3.15. The molecule has 3 aromatic rings. The number of aromatic nitrogens is 1. The summed E-state index contributed by atoms with van der Waals surface area (Å²) in [6.45, 7) is 1.85. The molecule has 1 aromatic heterocycles. The fraction of sp³-hybridized carbons (Fsp3) is 0.133. The fourth-order valence-electron chi connectivity index (χ4n) is 2.07. The van der Waals surface area contributed by atoms with Crippen LogP contribution in [-0.4, -0.2) is 13.4 Å². The highest BCUT2D eigenvalue weighted by atomic mass is 32.2. The van der Waals surface area contributed by atoms with Crippen molar-refractivity contribution in [2.24, 2.45) is 0 Å². The molecule has 0 unspecified atom stereocenters. The van der Waals surface area contributed by atoms with Gasteiger partial charge in [0.2, 0.25) is 10.0 Å². The summed E-state index contributed by atoms with van der Waals surface area (Å²) in [5.74, 6) is 0.0733. The first-order chi connectivity index (χ1) is 10.4. The Balaban J connectivity index is 1.78. The van der Waals surface area contributed by atoms with Gasteiger partial charge in [0.1, 0.15) is 11.3 Å². The van der Waals surface area contributed by atoms with E-state index < -0.39 is 15.8 Å². The van der Waals surface area contributed by atoms with Crippen molar-refractivity contribution >= 4 is 21.1 Å². The molecule has 7 heteroatoms. The van der Waals surface area contributed by atoms with Gasteiger partial charge in [-0.2, -0.15) is 0 Å². The summed E-state index contributed by atoms with van der Waals surface area (Å²) in [4.78, 5) is 4.20. The standard InChI is InChI=1S/C15H13FN2O3S/c1-10-18-14-7-2-11(8-15(14)21-10)9-17-22(19,20)13-5-3-12(16)4-6-13/h2-8,17H,9H2,1H3. The SMILES string of the molecule is Cc1nc2ccc(CNS(=O)(=O)c3ccc(F)cc3)cc2o1. The first-order valence-corrected chi connectivity index (χ1v) is 8.04. The molecule has 1 N–H and O–H groups in total. The van der Waals surface area contributed by atoms with E-state index in [-0.39, 0.29) is 11.4 Å². The van der Waals surface area contributed by atoms with Crippen molar-refractivity contribution < 1.29 is 17.2 Å². The Kier molecular flexibility index (Phi) is 3.67. The second kappa shape index (κ2) is 5.51. The molecule has 3 rings (SSSR count). The van der Waals surface area contributed by atoms with Crippen LogP contribution in [0.5, 0.6) is 0 Å². The van der Waals surface area contributed by atoms with Crippen molar-refractivity contribution in [3.8, 4) is 0 Å². The quantitative estimate of drug-likeness (QED) is 0.802. The van der Waals surface area contributed by atoms with E-state index in [2.05, 4.69) is 9.71 Å². The monoisotopic (exact) mass is 320 g/mol. The molecule has 0 saturated heterocycles. The van der Waals surface area contributed by atoms with E-state index in [1.807, 2.05) is 0 Å². The maximum Gasteiger partial charge on any atom is 0.240 e. The second-order valence-corrected chi connectivity index (χ2v) is 6.58. The molecule has 0 aliphatic rings. The Morgan fingerprint density at radius 2 is 1.91 bits per heavy atom. The number of hydrogen-bond donors (Lipinski definition) is 1. The molecule has 5 nitrogen and oxygen atoms in total. The summed E-state index contributed by atoms with van der Waals surface area (Å²) in [5.41, 5.74) is 2.08. The van der Waals surface area contributed by atoms with Crippen LogP contribution in [0, 0.1) is 12.7 Å². The Morgan fingerprint density at radius 1 is 1.18 bits per heavy atom. The number of oxazole rings is 1. The van der Waals surface area contributed by atoms with Gasteiger partial charge in [-0.15, -0.1) is 0 Å². The van der Waals surface area contributed by atoms with Gasteiger partial charge in [0.25, 0.3) is 0 Å². The van der Waals surface area contributed by atoms with Gasteiger partial charge in [0, 0.05) is 13.5 Å². The van der Waals surface area contributed by atoms with Crippen molar-refractivity contribution in [1.29, 1.82) is 0 Å². The summed E-state index contributed by atoms with van der Waals surface area (Å²) in [6, 6.07) is 9.95. The Bertz CT molecular complexity index is 918. The molecule has 0 amide bonds. The molecule has 0 aliphatic heterocycles. The van der Waals surface area contributed by atoms with Crippen LogP contribution in [0.25, 0.3) is 11.1 Å². The molecule has 0 radical (unpaired) electrons. The van der Waals surface area contributed by atoms with Gasteiger partial charge in [-0.3, -0.25) is 0 Å². The summed E-state index contributed by atoms with van der Waals surface area (Å²) >= 11 is 0. The molecule has 22 heavy (non-hydrogen) atoms.